The van der Waals surface area contributed by atoms with Gasteiger partial charge in [-0.25, -0.2) is 9.37 Å². The van der Waals surface area contributed by atoms with Crippen LogP contribution < -0.4 is 14.5 Å². The number of nitriles is 1. The van der Waals surface area contributed by atoms with Gasteiger partial charge in [0.2, 0.25) is 0 Å². The van der Waals surface area contributed by atoms with E-state index < -0.39 is 40.4 Å². The fourth-order valence-corrected chi connectivity index (χ4v) is 5.20. The lowest BCUT2D eigenvalue weighted by Crippen LogP contribution is -2.55. The number of carbonyl (C=O) groups excluding carboxylic acids is 1. The smallest absolute Gasteiger partial charge is 0.421 e. The highest BCUT2D eigenvalue weighted by molar-refractivity contribution is 7.81. The number of thiocarbonyl (C=S) groups is 1. The lowest BCUT2D eigenvalue weighted by Gasteiger charge is -2.43. The topological polar surface area (TPSA) is 82.4 Å². The van der Waals surface area contributed by atoms with Gasteiger partial charge in [-0.15, -0.1) is 0 Å². The minimum absolute atomic E-state index is 0.0502. The summed E-state index contributed by atoms with van der Waals surface area (Å²) in [6, 6.07) is 12.0. The highest BCUT2D eigenvalue weighted by Gasteiger charge is 2.61. The number of hydrogen-bond acceptors (Lipinski definition) is 6. The van der Waals surface area contributed by atoms with Gasteiger partial charge < -0.3 is 9.64 Å². The lowest BCUT2D eigenvalue weighted by molar-refractivity contribution is -0.137. The van der Waals surface area contributed by atoms with Gasteiger partial charge in [0.25, 0.3) is 5.91 Å². The molecule has 0 radical (unpaired) electrons. The van der Waals surface area contributed by atoms with E-state index in [-0.39, 0.29) is 36.0 Å². The predicted octanol–water partition coefficient (Wildman–Crippen LogP) is 5.19. The van der Waals surface area contributed by atoms with Crippen molar-refractivity contribution >= 4 is 34.6 Å². The van der Waals surface area contributed by atoms with Crippen molar-refractivity contribution in [2.75, 3.05) is 16.4 Å². The Morgan fingerprint density at radius 2 is 1.89 bits per heavy atom. The molecular formula is C26H19F4N5O2S. The van der Waals surface area contributed by atoms with E-state index in [9.17, 15) is 23.2 Å². The van der Waals surface area contributed by atoms with E-state index >= 15 is 4.39 Å². The first-order chi connectivity index (χ1) is 18.2. The van der Waals surface area contributed by atoms with Gasteiger partial charge >= 0.3 is 6.18 Å². The van der Waals surface area contributed by atoms with Gasteiger partial charge in [0, 0.05) is 30.6 Å². The highest BCUT2D eigenvalue weighted by atomic mass is 32.1. The van der Waals surface area contributed by atoms with E-state index in [1.165, 1.54) is 23.1 Å². The first kappa shape index (κ1) is 25.5. The number of amides is 1. The Labute approximate surface area is 220 Å². The van der Waals surface area contributed by atoms with Crippen molar-refractivity contribution in [2.45, 2.75) is 37.4 Å². The van der Waals surface area contributed by atoms with Crippen LogP contribution in [-0.4, -0.2) is 33.1 Å². The van der Waals surface area contributed by atoms with Crippen LogP contribution in [0.5, 0.6) is 5.75 Å². The van der Waals surface area contributed by atoms with Crippen LogP contribution in [0.25, 0.3) is 0 Å². The molecule has 3 heterocycles. The minimum atomic E-state index is -4.98. The fraction of sp³-hybridized carbons (Fsp3) is 0.269. The van der Waals surface area contributed by atoms with Gasteiger partial charge in [0.05, 0.1) is 18.0 Å². The van der Waals surface area contributed by atoms with Crippen molar-refractivity contribution in [3.8, 4) is 11.8 Å². The molecule has 7 nitrogen and oxygen atoms in total. The summed E-state index contributed by atoms with van der Waals surface area (Å²) in [5.74, 6) is -1.21. The molecule has 2 aliphatic rings. The van der Waals surface area contributed by atoms with Crippen molar-refractivity contribution in [1.82, 2.24) is 9.97 Å². The second-order valence-electron chi connectivity index (χ2n) is 8.84. The third kappa shape index (κ3) is 4.22. The lowest BCUT2D eigenvalue weighted by atomic mass is 9.75. The van der Waals surface area contributed by atoms with Crippen LogP contribution in [0.4, 0.5) is 28.9 Å². The number of carbonyl (C=O) groups is 1. The summed E-state index contributed by atoms with van der Waals surface area (Å²) in [7, 11) is 0. The SMILES string of the molecule is N#Cc1nccc(N2C(=O)C3(CCC3)N(c3ccc(OCCc4ccccn4)cc3F)C2=S)c1C(F)(F)F. The average Bonchev–Trinajstić information content (AvgIpc) is 3.10. The monoisotopic (exact) mass is 541 g/mol. The number of halogens is 4. The number of anilines is 2. The minimum Gasteiger partial charge on any atom is -0.493 e. The van der Waals surface area contributed by atoms with Gasteiger partial charge in [-0.1, -0.05) is 6.07 Å². The van der Waals surface area contributed by atoms with Crippen molar-refractivity contribution in [3.63, 3.8) is 0 Å². The maximum Gasteiger partial charge on any atom is 0.421 e. The molecule has 0 N–H and O–H groups in total. The molecule has 0 bridgehead atoms. The second kappa shape index (κ2) is 9.64. The molecular weight excluding hydrogens is 522 g/mol. The van der Waals surface area contributed by atoms with Gasteiger partial charge in [0.1, 0.15) is 22.9 Å². The summed E-state index contributed by atoms with van der Waals surface area (Å²) in [6.07, 6.45) is -0.638. The quantitative estimate of drug-likeness (QED) is 0.314. The first-order valence-corrected chi connectivity index (χ1v) is 12.1. The van der Waals surface area contributed by atoms with Crippen molar-refractivity contribution in [2.24, 2.45) is 0 Å². The van der Waals surface area contributed by atoms with Crippen LogP contribution in [0.3, 0.4) is 0 Å². The number of alkyl halides is 3. The van der Waals surface area contributed by atoms with E-state index in [2.05, 4.69) is 9.97 Å². The zero-order chi connectivity index (χ0) is 27.1. The van der Waals surface area contributed by atoms with Crippen LogP contribution in [0, 0.1) is 17.1 Å². The number of rotatable bonds is 6. The van der Waals surface area contributed by atoms with Gasteiger partial charge in [-0.05, 0) is 61.8 Å². The zero-order valence-electron chi connectivity index (χ0n) is 19.7. The van der Waals surface area contributed by atoms with Crippen LogP contribution in [0.2, 0.25) is 0 Å². The average molecular weight is 542 g/mol. The number of pyridine rings is 2. The van der Waals surface area contributed by atoms with Gasteiger partial charge in [-0.2, -0.15) is 18.4 Å². The molecule has 1 aromatic carbocycles. The van der Waals surface area contributed by atoms with E-state index in [1.54, 1.807) is 12.3 Å². The molecule has 1 saturated carbocycles. The number of nitrogens with zero attached hydrogens (tertiary/aromatic N) is 5. The molecule has 3 aromatic rings. The number of hydrogen-bond donors (Lipinski definition) is 0. The highest BCUT2D eigenvalue weighted by Crippen LogP contribution is 2.50. The Balaban J connectivity index is 1.47. The first-order valence-electron chi connectivity index (χ1n) is 11.6. The van der Waals surface area contributed by atoms with E-state index in [0.717, 1.165) is 28.9 Å². The summed E-state index contributed by atoms with van der Waals surface area (Å²) in [5.41, 5.74) is -3.42. The maximum absolute atomic E-state index is 15.4. The normalized spacial score (nSPS) is 16.5. The molecule has 38 heavy (non-hydrogen) atoms. The van der Waals surface area contributed by atoms with Gasteiger partial charge in [-0.3, -0.25) is 14.7 Å². The third-order valence-electron chi connectivity index (χ3n) is 6.66. The van der Waals surface area contributed by atoms with Crippen LogP contribution in [0.15, 0.2) is 54.9 Å². The fourth-order valence-electron chi connectivity index (χ4n) is 4.75. The van der Waals surface area contributed by atoms with Crippen molar-refractivity contribution in [1.29, 1.82) is 5.26 Å². The van der Waals surface area contributed by atoms with Crippen LogP contribution >= 0.6 is 12.2 Å². The summed E-state index contributed by atoms with van der Waals surface area (Å²) in [5, 5.41) is 8.93. The summed E-state index contributed by atoms with van der Waals surface area (Å²) in [6.45, 7) is 0.248. The largest absolute Gasteiger partial charge is 0.493 e. The molecule has 1 aliphatic carbocycles. The van der Waals surface area contributed by atoms with Crippen molar-refractivity contribution < 1.29 is 27.1 Å². The Bertz CT molecular complexity index is 1450. The Morgan fingerprint density at radius 1 is 1.11 bits per heavy atom. The molecule has 194 valence electrons. The molecule has 5 rings (SSSR count). The Hall–Kier alpha value is -4.11. The molecule has 0 atom stereocenters. The Kier molecular flexibility index (Phi) is 6.48. The molecule has 0 unspecified atom stereocenters. The van der Waals surface area contributed by atoms with Crippen molar-refractivity contribution in [3.05, 3.63) is 77.6 Å². The number of ether oxygens (including phenoxy) is 1. The number of aromatic nitrogens is 2. The van der Waals surface area contributed by atoms with Gasteiger partial charge in [0.15, 0.2) is 16.6 Å². The molecule has 2 aromatic heterocycles. The molecule has 1 saturated heterocycles. The van der Waals surface area contributed by atoms with E-state index in [4.69, 9.17) is 17.0 Å². The molecule has 2 fully saturated rings. The van der Waals surface area contributed by atoms with Crippen LogP contribution in [-0.2, 0) is 17.4 Å². The van der Waals surface area contributed by atoms with E-state index in [1.807, 2.05) is 12.1 Å². The molecule has 1 spiro atoms. The summed E-state index contributed by atoms with van der Waals surface area (Å²) < 4.78 is 63.0. The number of benzene rings is 1. The Morgan fingerprint density at radius 3 is 2.50 bits per heavy atom. The zero-order valence-corrected chi connectivity index (χ0v) is 20.5. The summed E-state index contributed by atoms with van der Waals surface area (Å²) in [4.78, 5) is 23.4. The maximum atomic E-state index is 15.4. The standard InChI is InChI=1S/C26H19F4N5O2S/c27-18-14-17(37-13-8-16-4-1-2-11-32-16)5-6-20(18)35-24(38)34(23(36)25(35)9-3-10-25)21-7-12-33-19(15-31)22(21)26(28,29)30/h1-2,4-7,11-12,14H,3,8-10,13H2. The van der Waals surface area contributed by atoms with Crippen LogP contribution in [0.1, 0.15) is 36.2 Å². The summed E-state index contributed by atoms with van der Waals surface area (Å²) >= 11 is 5.49. The predicted molar refractivity (Wildman–Crippen MR) is 133 cm³/mol. The molecule has 12 heteroatoms. The third-order valence-corrected chi connectivity index (χ3v) is 7.03. The second-order valence-corrected chi connectivity index (χ2v) is 9.20. The molecule has 1 aliphatic heterocycles. The molecule has 1 amide bonds. The van der Waals surface area contributed by atoms with E-state index in [0.29, 0.717) is 12.8 Å².